The smallest absolute Gasteiger partial charge is 0.338 e. The summed E-state index contributed by atoms with van der Waals surface area (Å²) in [6, 6.07) is 5.50. The Labute approximate surface area is 166 Å². The summed E-state index contributed by atoms with van der Waals surface area (Å²) in [7, 11) is 0. The van der Waals surface area contributed by atoms with E-state index in [0.717, 1.165) is 0 Å². The van der Waals surface area contributed by atoms with Gasteiger partial charge in [0.05, 0.1) is 30.3 Å². The van der Waals surface area contributed by atoms with Crippen LogP contribution in [0.3, 0.4) is 0 Å². The van der Waals surface area contributed by atoms with Crippen molar-refractivity contribution in [3.05, 3.63) is 46.1 Å². The maximum absolute atomic E-state index is 12.5. The van der Waals surface area contributed by atoms with Crippen LogP contribution < -0.4 is 10.6 Å². The quantitative estimate of drug-likeness (QED) is 0.638. The Kier molecular flexibility index (Phi) is 7.99. The lowest BCUT2D eigenvalue weighted by Crippen LogP contribution is -2.47. The molecule has 1 aliphatic heterocycles. The van der Waals surface area contributed by atoms with E-state index in [4.69, 9.17) is 21.1 Å². The number of carbonyl (C=O) groups is 3. The summed E-state index contributed by atoms with van der Waals surface area (Å²) in [5.41, 5.74) is 1.05. The molecule has 146 valence electrons. The van der Waals surface area contributed by atoms with Gasteiger partial charge in [-0.15, -0.1) is 0 Å². The molecule has 2 N–H and O–H groups in total. The number of benzene rings is 1. The zero-order valence-electron chi connectivity index (χ0n) is 15.0. The van der Waals surface area contributed by atoms with Crippen LogP contribution in [0.5, 0.6) is 0 Å². The van der Waals surface area contributed by atoms with Crippen molar-refractivity contribution >= 4 is 41.3 Å². The fraction of sp³-hybridized carbons (Fsp3) is 0.389. The van der Waals surface area contributed by atoms with Crippen molar-refractivity contribution in [1.82, 2.24) is 10.6 Å². The highest BCUT2D eigenvalue weighted by Crippen LogP contribution is 2.28. The molecule has 1 aromatic carbocycles. The molecule has 0 aromatic heterocycles. The van der Waals surface area contributed by atoms with Crippen molar-refractivity contribution in [3.63, 3.8) is 0 Å². The molecule has 7 nitrogen and oxygen atoms in total. The number of ether oxygens (including phenoxy) is 2. The molecule has 1 heterocycles. The first-order chi connectivity index (χ1) is 13.0. The largest absolute Gasteiger partial charge is 0.463 e. The molecule has 0 spiro atoms. The van der Waals surface area contributed by atoms with E-state index in [-0.39, 0.29) is 30.9 Å². The van der Waals surface area contributed by atoms with E-state index in [1.165, 1.54) is 11.8 Å². The summed E-state index contributed by atoms with van der Waals surface area (Å²) in [6.45, 7) is 1.63. The number of esters is 2. The minimum Gasteiger partial charge on any atom is -0.463 e. The van der Waals surface area contributed by atoms with Crippen LogP contribution in [-0.4, -0.2) is 43.2 Å². The molecular weight excluding hydrogens is 392 g/mol. The molecule has 2 rings (SSSR count). The molecule has 27 heavy (non-hydrogen) atoms. The van der Waals surface area contributed by atoms with Gasteiger partial charge >= 0.3 is 18.0 Å². The molecule has 0 unspecified atom stereocenters. The van der Waals surface area contributed by atoms with Gasteiger partial charge in [0.15, 0.2) is 0 Å². The lowest BCUT2D eigenvalue weighted by Gasteiger charge is -2.29. The van der Waals surface area contributed by atoms with E-state index in [1.54, 1.807) is 31.2 Å². The van der Waals surface area contributed by atoms with E-state index in [2.05, 4.69) is 10.6 Å². The molecule has 9 heteroatoms. The predicted molar refractivity (Wildman–Crippen MR) is 103 cm³/mol. The molecule has 0 fully saturated rings. The number of hydrogen-bond acceptors (Lipinski definition) is 6. The van der Waals surface area contributed by atoms with Gasteiger partial charge in [-0.3, -0.25) is 4.79 Å². The molecule has 1 atom stereocenters. The predicted octanol–water partition coefficient (Wildman–Crippen LogP) is 2.81. The monoisotopic (exact) mass is 412 g/mol. The Morgan fingerprint density at radius 2 is 1.93 bits per heavy atom. The summed E-state index contributed by atoms with van der Waals surface area (Å²) in [4.78, 5) is 36.4. The van der Waals surface area contributed by atoms with Gasteiger partial charge in [0.2, 0.25) is 0 Å². The van der Waals surface area contributed by atoms with Crippen LogP contribution in [0.1, 0.15) is 24.9 Å². The maximum Gasteiger partial charge on any atom is 0.338 e. The van der Waals surface area contributed by atoms with Crippen molar-refractivity contribution in [2.75, 3.05) is 25.2 Å². The average Bonchev–Trinajstić information content (AvgIpc) is 2.64. The van der Waals surface area contributed by atoms with Crippen LogP contribution >= 0.6 is 23.4 Å². The Balaban J connectivity index is 2.33. The number of urea groups is 1. The van der Waals surface area contributed by atoms with Gasteiger partial charge in [-0.05, 0) is 30.9 Å². The molecule has 0 saturated heterocycles. The Morgan fingerprint density at radius 1 is 1.22 bits per heavy atom. The second-order valence-corrected chi connectivity index (χ2v) is 7.02. The summed E-state index contributed by atoms with van der Waals surface area (Å²) in [5.74, 6) is -0.375. The highest BCUT2D eigenvalue weighted by atomic mass is 35.5. The van der Waals surface area contributed by atoms with Gasteiger partial charge in [-0.25, -0.2) is 9.59 Å². The molecule has 1 aromatic rings. The third kappa shape index (κ3) is 5.90. The van der Waals surface area contributed by atoms with E-state index >= 15 is 0 Å². The van der Waals surface area contributed by atoms with Crippen molar-refractivity contribution in [2.24, 2.45) is 0 Å². The lowest BCUT2D eigenvalue weighted by molar-refractivity contribution is -0.143. The number of carbonyl (C=O) groups excluding carboxylic acids is 3. The molecule has 0 radical (unpaired) electrons. The van der Waals surface area contributed by atoms with Gasteiger partial charge in [-0.2, -0.15) is 11.8 Å². The normalized spacial score (nSPS) is 16.4. The number of rotatable bonds is 8. The number of nitrogens with one attached hydrogen (secondary N) is 2. The fourth-order valence-electron chi connectivity index (χ4n) is 2.50. The average molecular weight is 413 g/mol. The van der Waals surface area contributed by atoms with Gasteiger partial charge in [0.1, 0.15) is 6.61 Å². The first-order valence-electron chi connectivity index (χ1n) is 8.34. The van der Waals surface area contributed by atoms with Crippen LogP contribution in [0.4, 0.5) is 4.79 Å². The zero-order chi connectivity index (χ0) is 19.8. The lowest BCUT2D eigenvalue weighted by atomic mass is 9.95. The van der Waals surface area contributed by atoms with Gasteiger partial charge < -0.3 is 20.1 Å². The van der Waals surface area contributed by atoms with Crippen molar-refractivity contribution in [2.45, 2.75) is 19.4 Å². The van der Waals surface area contributed by atoms with Crippen molar-refractivity contribution < 1.29 is 23.9 Å². The van der Waals surface area contributed by atoms with Gasteiger partial charge in [0.25, 0.3) is 0 Å². The third-order valence-electron chi connectivity index (χ3n) is 3.74. The number of halogens is 1. The Morgan fingerprint density at radius 3 is 2.56 bits per heavy atom. The van der Waals surface area contributed by atoms with E-state index in [1.807, 2.05) is 6.26 Å². The number of amides is 2. The minimum absolute atomic E-state index is 0.171. The summed E-state index contributed by atoms with van der Waals surface area (Å²) in [5, 5.41) is 5.78. The van der Waals surface area contributed by atoms with Gasteiger partial charge in [0, 0.05) is 10.8 Å². The number of thioether (sulfide) groups is 1. The van der Waals surface area contributed by atoms with E-state index in [9.17, 15) is 14.4 Å². The SMILES string of the molecule is CCOC(=O)C1=C(COC(=O)CCSC)NC(=O)N[C@@H]1c1ccc(Cl)cc1. The van der Waals surface area contributed by atoms with Crippen molar-refractivity contribution in [3.8, 4) is 0 Å². The summed E-state index contributed by atoms with van der Waals surface area (Å²) >= 11 is 7.45. The van der Waals surface area contributed by atoms with E-state index in [0.29, 0.717) is 16.3 Å². The van der Waals surface area contributed by atoms with Crippen LogP contribution in [0.25, 0.3) is 0 Å². The van der Waals surface area contributed by atoms with Crippen LogP contribution in [0.2, 0.25) is 5.02 Å². The number of hydrogen-bond donors (Lipinski definition) is 2. The minimum atomic E-state index is -0.741. The van der Waals surface area contributed by atoms with Crippen LogP contribution in [0, 0.1) is 0 Å². The van der Waals surface area contributed by atoms with Gasteiger partial charge in [-0.1, -0.05) is 23.7 Å². The topological polar surface area (TPSA) is 93.7 Å². The first kappa shape index (κ1) is 21.1. The Bertz CT molecular complexity index is 736. The standard InChI is InChI=1S/C18H21ClN2O5S/c1-3-25-17(23)15-13(10-26-14(22)8-9-27-2)20-18(24)21-16(15)11-4-6-12(19)7-5-11/h4-7,16H,3,8-10H2,1-2H3,(H2,20,21,24)/t16-/m1/s1. The maximum atomic E-state index is 12.5. The molecule has 0 saturated carbocycles. The molecular formula is C18H21ClN2O5S. The highest BCUT2D eigenvalue weighted by molar-refractivity contribution is 7.98. The van der Waals surface area contributed by atoms with Crippen molar-refractivity contribution in [1.29, 1.82) is 0 Å². The Hall–Kier alpha value is -2.19. The second-order valence-electron chi connectivity index (χ2n) is 5.60. The molecule has 0 bridgehead atoms. The first-order valence-corrected chi connectivity index (χ1v) is 10.1. The molecule has 2 amide bonds. The van der Waals surface area contributed by atoms with Crippen LogP contribution in [0.15, 0.2) is 35.5 Å². The molecule has 0 aliphatic carbocycles. The van der Waals surface area contributed by atoms with Crippen LogP contribution in [-0.2, 0) is 19.1 Å². The zero-order valence-corrected chi connectivity index (χ0v) is 16.6. The van der Waals surface area contributed by atoms with E-state index < -0.39 is 24.0 Å². The molecule has 1 aliphatic rings. The summed E-state index contributed by atoms with van der Waals surface area (Å²) in [6.07, 6.45) is 2.13. The third-order valence-corrected chi connectivity index (χ3v) is 4.60. The second kappa shape index (κ2) is 10.2. The fourth-order valence-corrected chi connectivity index (χ4v) is 2.99. The highest BCUT2D eigenvalue weighted by Gasteiger charge is 2.34. The summed E-state index contributed by atoms with van der Waals surface area (Å²) < 4.78 is 10.3.